The molecule has 0 aliphatic carbocycles. The number of aromatic nitrogens is 1. The van der Waals surface area contributed by atoms with Crippen molar-refractivity contribution >= 4 is 5.91 Å². The van der Waals surface area contributed by atoms with Crippen molar-refractivity contribution in [3.05, 3.63) is 30.1 Å². The van der Waals surface area contributed by atoms with Crippen LogP contribution in [0, 0.1) is 0 Å². The van der Waals surface area contributed by atoms with Crippen LogP contribution in [0.15, 0.2) is 24.4 Å². The van der Waals surface area contributed by atoms with Crippen LogP contribution < -0.4 is 5.73 Å². The molecule has 0 unspecified atom stereocenters. The molecule has 1 aromatic heterocycles. The molecule has 0 bridgehead atoms. The Kier molecular flexibility index (Phi) is 5.50. The second kappa shape index (κ2) is 6.95. The molecule has 1 rings (SSSR count). The first kappa shape index (κ1) is 12.6. The first-order valence-corrected chi connectivity index (χ1v) is 5.70. The number of unbranched alkanes of at least 4 members (excludes halogenated alkanes) is 1. The van der Waals surface area contributed by atoms with Gasteiger partial charge in [0.15, 0.2) is 0 Å². The molecular formula is C12H19N3O. The van der Waals surface area contributed by atoms with E-state index in [-0.39, 0.29) is 5.91 Å². The Bertz CT molecular complexity index is 313. The van der Waals surface area contributed by atoms with Gasteiger partial charge >= 0.3 is 0 Å². The van der Waals surface area contributed by atoms with E-state index in [1.54, 1.807) is 23.2 Å². The maximum atomic E-state index is 12.0. The predicted octanol–water partition coefficient (Wildman–Crippen LogP) is 1.28. The normalized spacial score (nSPS) is 10.1. The zero-order valence-electron chi connectivity index (χ0n) is 9.72. The Labute approximate surface area is 96.5 Å². The number of amides is 1. The third-order valence-electron chi connectivity index (χ3n) is 2.35. The molecule has 2 N–H and O–H groups in total. The van der Waals surface area contributed by atoms with Crippen molar-refractivity contribution in [1.82, 2.24) is 9.88 Å². The molecule has 0 aromatic carbocycles. The average Bonchev–Trinajstić information content (AvgIpc) is 2.35. The second-order valence-corrected chi connectivity index (χ2v) is 3.65. The van der Waals surface area contributed by atoms with Gasteiger partial charge in [-0.25, -0.2) is 0 Å². The monoisotopic (exact) mass is 221 g/mol. The number of rotatable bonds is 6. The van der Waals surface area contributed by atoms with Crippen molar-refractivity contribution < 1.29 is 4.79 Å². The van der Waals surface area contributed by atoms with Crippen molar-refractivity contribution in [2.24, 2.45) is 5.73 Å². The van der Waals surface area contributed by atoms with Crippen molar-refractivity contribution in [3.63, 3.8) is 0 Å². The molecule has 4 nitrogen and oxygen atoms in total. The number of carbonyl (C=O) groups excluding carboxylic acids is 1. The Morgan fingerprint density at radius 2 is 2.25 bits per heavy atom. The summed E-state index contributed by atoms with van der Waals surface area (Å²) < 4.78 is 0. The van der Waals surface area contributed by atoms with Crippen LogP contribution >= 0.6 is 0 Å². The van der Waals surface area contributed by atoms with Gasteiger partial charge in [0.1, 0.15) is 5.69 Å². The topological polar surface area (TPSA) is 59.2 Å². The van der Waals surface area contributed by atoms with E-state index in [0.717, 1.165) is 19.4 Å². The van der Waals surface area contributed by atoms with Crippen LogP contribution in [0.3, 0.4) is 0 Å². The molecule has 4 heteroatoms. The number of carbonyl (C=O) groups is 1. The van der Waals surface area contributed by atoms with E-state index in [1.165, 1.54) is 0 Å². The maximum Gasteiger partial charge on any atom is 0.272 e. The highest BCUT2D eigenvalue weighted by Gasteiger charge is 2.14. The first-order chi connectivity index (χ1) is 7.79. The molecule has 0 radical (unpaired) electrons. The zero-order valence-corrected chi connectivity index (χ0v) is 9.72. The molecular weight excluding hydrogens is 202 g/mol. The predicted molar refractivity (Wildman–Crippen MR) is 64.1 cm³/mol. The van der Waals surface area contributed by atoms with Gasteiger partial charge < -0.3 is 10.6 Å². The summed E-state index contributed by atoms with van der Waals surface area (Å²) in [4.78, 5) is 17.9. The lowest BCUT2D eigenvalue weighted by molar-refractivity contribution is 0.0752. The van der Waals surface area contributed by atoms with Gasteiger partial charge in [-0.05, 0) is 18.6 Å². The molecule has 1 heterocycles. The van der Waals surface area contributed by atoms with Gasteiger partial charge in [-0.15, -0.1) is 0 Å². The number of hydrogen-bond donors (Lipinski definition) is 1. The number of pyridine rings is 1. The highest BCUT2D eigenvalue weighted by molar-refractivity contribution is 5.92. The van der Waals surface area contributed by atoms with E-state index in [0.29, 0.717) is 18.8 Å². The van der Waals surface area contributed by atoms with Crippen LogP contribution in [0.5, 0.6) is 0 Å². The summed E-state index contributed by atoms with van der Waals surface area (Å²) in [5.74, 6) is -0.0282. The fourth-order valence-corrected chi connectivity index (χ4v) is 1.47. The molecule has 0 spiro atoms. The van der Waals surface area contributed by atoms with Gasteiger partial charge in [0, 0.05) is 25.8 Å². The molecule has 0 saturated carbocycles. The van der Waals surface area contributed by atoms with Crippen LogP contribution in [-0.4, -0.2) is 35.4 Å². The van der Waals surface area contributed by atoms with E-state index in [1.807, 2.05) is 6.07 Å². The molecule has 1 aromatic rings. The second-order valence-electron chi connectivity index (χ2n) is 3.65. The van der Waals surface area contributed by atoms with E-state index >= 15 is 0 Å². The summed E-state index contributed by atoms with van der Waals surface area (Å²) >= 11 is 0. The van der Waals surface area contributed by atoms with Gasteiger partial charge in [0.25, 0.3) is 5.91 Å². The standard InChI is InChI=1S/C12H19N3O/c1-2-3-9-15(10-7-13)12(16)11-6-4-5-8-14-11/h4-6,8H,2-3,7,9-10,13H2,1H3. The summed E-state index contributed by atoms with van der Waals surface area (Å²) in [7, 11) is 0. The van der Waals surface area contributed by atoms with Crippen molar-refractivity contribution in [2.45, 2.75) is 19.8 Å². The summed E-state index contributed by atoms with van der Waals surface area (Å²) in [6.07, 6.45) is 3.70. The number of nitrogens with two attached hydrogens (primary N) is 1. The van der Waals surface area contributed by atoms with Crippen molar-refractivity contribution in [2.75, 3.05) is 19.6 Å². The Balaban J connectivity index is 2.67. The molecule has 0 saturated heterocycles. The van der Waals surface area contributed by atoms with Crippen molar-refractivity contribution in [3.8, 4) is 0 Å². The Morgan fingerprint density at radius 3 is 2.81 bits per heavy atom. The van der Waals surface area contributed by atoms with E-state index in [9.17, 15) is 4.79 Å². The lowest BCUT2D eigenvalue weighted by Crippen LogP contribution is -2.36. The molecule has 0 atom stereocenters. The largest absolute Gasteiger partial charge is 0.336 e. The Hall–Kier alpha value is -1.42. The molecule has 0 aliphatic heterocycles. The Morgan fingerprint density at radius 1 is 1.44 bits per heavy atom. The zero-order chi connectivity index (χ0) is 11.8. The quantitative estimate of drug-likeness (QED) is 0.787. The molecule has 88 valence electrons. The fraction of sp³-hybridized carbons (Fsp3) is 0.500. The minimum atomic E-state index is -0.0282. The molecule has 0 aliphatic rings. The number of hydrogen-bond acceptors (Lipinski definition) is 3. The summed E-state index contributed by atoms with van der Waals surface area (Å²) in [6.45, 7) is 3.94. The van der Waals surface area contributed by atoms with Crippen molar-refractivity contribution in [1.29, 1.82) is 0 Å². The lowest BCUT2D eigenvalue weighted by atomic mass is 10.2. The lowest BCUT2D eigenvalue weighted by Gasteiger charge is -2.21. The van der Waals surface area contributed by atoms with E-state index in [2.05, 4.69) is 11.9 Å². The van der Waals surface area contributed by atoms with Gasteiger partial charge in [0.2, 0.25) is 0 Å². The number of nitrogens with zero attached hydrogens (tertiary/aromatic N) is 2. The first-order valence-electron chi connectivity index (χ1n) is 5.70. The van der Waals surface area contributed by atoms with Crippen LogP contribution in [0.4, 0.5) is 0 Å². The van der Waals surface area contributed by atoms with Crippen LogP contribution in [0.1, 0.15) is 30.3 Å². The minimum absolute atomic E-state index is 0.0282. The summed E-state index contributed by atoms with van der Waals surface area (Å²) in [5, 5.41) is 0. The highest BCUT2D eigenvalue weighted by atomic mass is 16.2. The van der Waals surface area contributed by atoms with E-state index < -0.39 is 0 Å². The van der Waals surface area contributed by atoms with Crippen LogP contribution in [-0.2, 0) is 0 Å². The maximum absolute atomic E-state index is 12.0. The summed E-state index contributed by atoms with van der Waals surface area (Å²) in [6, 6.07) is 5.36. The fourth-order valence-electron chi connectivity index (χ4n) is 1.47. The van der Waals surface area contributed by atoms with Gasteiger partial charge in [-0.1, -0.05) is 19.4 Å². The van der Waals surface area contributed by atoms with E-state index in [4.69, 9.17) is 5.73 Å². The van der Waals surface area contributed by atoms with Crippen LogP contribution in [0.2, 0.25) is 0 Å². The average molecular weight is 221 g/mol. The SMILES string of the molecule is CCCCN(CCN)C(=O)c1ccccn1. The summed E-state index contributed by atoms with van der Waals surface area (Å²) in [5.41, 5.74) is 6.00. The molecule has 0 fully saturated rings. The third-order valence-corrected chi connectivity index (χ3v) is 2.35. The van der Waals surface area contributed by atoms with Gasteiger partial charge in [0.05, 0.1) is 0 Å². The molecule has 1 amide bonds. The van der Waals surface area contributed by atoms with Gasteiger partial charge in [-0.3, -0.25) is 9.78 Å². The van der Waals surface area contributed by atoms with Gasteiger partial charge in [-0.2, -0.15) is 0 Å². The third kappa shape index (κ3) is 3.62. The highest BCUT2D eigenvalue weighted by Crippen LogP contribution is 2.03. The van der Waals surface area contributed by atoms with Crippen LogP contribution in [0.25, 0.3) is 0 Å². The molecule has 16 heavy (non-hydrogen) atoms. The smallest absolute Gasteiger partial charge is 0.272 e. The minimum Gasteiger partial charge on any atom is -0.336 e.